The SMILES string of the molecule is N[C@@](CO)(CCc1ccc(OCCCCCCF)cc1)COP(=O)(O)O. The van der Waals surface area contributed by atoms with Crippen LogP contribution in [0.5, 0.6) is 5.75 Å². The van der Waals surface area contributed by atoms with Crippen molar-refractivity contribution in [3.63, 3.8) is 0 Å². The maximum Gasteiger partial charge on any atom is 0.469 e. The van der Waals surface area contributed by atoms with Crippen molar-refractivity contribution < 1.29 is 33.1 Å². The molecule has 0 fully saturated rings. The van der Waals surface area contributed by atoms with E-state index in [1.165, 1.54) is 0 Å². The number of aliphatic hydroxyl groups excluding tert-OH is 1. The maximum atomic E-state index is 12.0. The van der Waals surface area contributed by atoms with Crippen molar-refractivity contribution in [2.24, 2.45) is 5.73 Å². The zero-order chi connectivity index (χ0) is 19.5. The van der Waals surface area contributed by atoms with Crippen LogP contribution in [0, 0.1) is 0 Å². The van der Waals surface area contributed by atoms with Gasteiger partial charge in [0, 0.05) is 0 Å². The fourth-order valence-corrected chi connectivity index (χ4v) is 2.72. The Labute approximate surface area is 153 Å². The summed E-state index contributed by atoms with van der Waals surface area (Å²) in [5.41, 5.74) is 5.66. The molecule has 1 aromatic rings. The van der Waals surface area contributed by atoms with E-state index in [1.54, 1.807) is 0 Å². The number of rotatable bonds is 14. The molecule has 150 valence electrons. The number of unbranched alkanes of at least 4 members (excludes halogenated alkanes) is 3. The van der Waals surface area contributed by atoms with Crippen molar-refractivity contribution in [3.8, 4) is 5.75 Å². The molecule has 1 aromatic carbocycles. The highest BCUT2D eigenvalue weighted by Gasteiger charge is 2.28. The number of nitrogens with two attached hydrogens (primary N) is 1. The molecule has 0 spiro atoms. The van der Waals surface area contributed by atoms with Crippen molar-refractivity contribution in [2.45, 2.75) is 44.1 Å². The summed E-state index contributed by atoms with van der Waals surface area (Å²) in [5, 5.41) is 9.38. The highest BCUT2D eigenvalue weighted by atomic mass is 31.2. The number of aryl methyl sites for hydroxylation is 1. The third kappa shape index (κ3) is 10.2. The Bertz CT molecular complexity index is 553. The van der Waals surface area contributed by atoms with Gasteiger partial charge in [0.1, 0.15) is 5.75 Å². The van der Waals surface area contributed by atoms with Gasteiger partial charge in [0.25, 0.3) is 0 Å². The molecule has 0 aliphatic heterocycles. The number of alkyl halides is 1. The summed E-state index contributed by atoms with van der Waals surface area (Å²) < 4.78 is 32.8. The van der Waals surface area contributed by atoms with Gasteiger partial charge >= 0.3 is 7.82 Å². The van der Waals surface area contributed by atoms with Crippen LogP contribution in [0.15, 0.2) is 24.3 Å². The zero-order valence-electron chi connectivity index (χ0n) is 14.8. The predicted molar refractivity (Wildman–Crippen MR) is 96.7 cm³/mol. The summed E-state index contributed by atoms with van der Waals surface area (Å²) in [6, 6.07) is 7.42. The van der Waals surface area contributed by atoms with Crippen molar-refractivity contribution in [1.29, 1.82) is 0 Å². The molecule has 26 heavy (non-hydrogen) atoms. The van der Waals surface area contributed by atoms with E-state index in [2.05, 4.69) is 4.52 Å². The highest BCUT2D eigenvalue weighted by Crippen LogP contribution is 2.36. The predicted octanol–water partition coefficient (Wildman–Crippen LogP) is 2.33. The smallest absolute Gasteiger partial charge is 0.469 e. The molecule has 0 amide bonds. The minimum Gasteiger partial charge on any atom is -0.494 e. The fraction of sp³-hybridized carbons (Fsp3) is 0.647. The first-order valence-electron chi connectivity index (χ1n) is 8.65. The number of halogens is 1. The van der Waals surface area contributed by atoms with E-state index in [0.29, 0.717) is 25.9 Å². The van der Waals surface area contributed by atoms with Crippen LogP contribution in [-0.4, -0.2) is 46.9 Å². The van der Waals surface area contributed by atoms with E-state index in [9.17, 15) is 14.1 Å². The van der Waals surface area contributed by atoms with Crippen LogP contribution in [-0.2, 0) is 15.5 Å². The van der Waals surface area contributed by atoms with Crippen molar-refractivity contribution in [2.75, 3.05) is 26.5 Å². The van der Waals surface area contributed by atoms with E-state index in [-0.39, 0.29) is 6.67 Å². The van der Waals surface area contributed by atoms with Crippen LogP contribution in [0.3, 0.4) is 0 Å². The summed E-state index contributed by atoms with van der Waals surface area (Å²) in [5.74, 6) is 0.741. The minimum absolute atomic E-state index is 0.270. The first kappa shape index (κ1) is 23.0. The lowest BCUT2D eigenvalue weighted by Crippen LogP contribution is -2.48. The van der Waals surface area contributed by atoms with Crippen LogP contribution in [0.25, 0.3) is 0 Å². The molecule has 1 atom stereocenters. The van der Waals surface area contributed by atoms with Gasteiger partial charge in [0.15, 0.2) is 0 Å². The maximum absolute atomic E-state index is 12.0. The molecule has 0 radical (unpaired) electrons. The standard InChI is InChI=1S/C17H29FNO6P/c18-11-3-1-2-4-12-24-16-7-5-15(6-8-16)9-10-17(19,13-20)14-25-26(21,22)23/h5-8,20H,1-4,9-14,19H2,(H2,21,22,23)/t17-/m1/s1. The first-order valence-corrected chi connectivity index (χ1v) is 10.2. The van der Waals surface area contributed by atoms with E-state index < -0.39 is 26.6 Å². The Morgan fingerprint density at radius 3 is 2.35 bits per heavy atom. The second-order valence-electron chi connectivity index (χ2n) is 6.38. The van der Waals surface area contributed by atoms with Gasteiger partial charge < -0.3 is 25.4 Å². The number of ether oxygens (including phenoxy) is 1. The van der Waals surface area contributed by atoms with Gasteiger partial charge in [-0.1, -0.05) is 18.6 Å². The normalized spacial score (nSPS) is 14.2. The van der Waals surface area contributed by atoms with Gasteiger partial charge in [-0.05, 0) is 49.8 Å². The average Bonchev–Trinajstić information content (AvgIpc) is 2.61. The fourth-order valence-electron chi connectivity index (χ4n) is 2.30. The molecule has 0 saturated heterocycles. The molecular formula is C17H29FNO6P. The molecule has 5 N–H and O–H groups in total. The summed E-state index contributed by atoms with van der Waals surface area (Å²) in [4.78, 5) is 17.5. The first-order chi connectivity index (χ1) is 12.3. The van der Waals surface area contributed by atoms with Crippen molar-refractivity contribution in [3.05, 3.63) is 29.8 Å². The summed E-state index contributed by atoms with van der Waals surface area (Å²) >= 11 is 0. The number of hydrogen-bond acceptors (Lipinski definition) is 5. The van der Waals surface area contributed by atoms with Crippen LogP contribution in [0.4, 0.5) is 4.39 Å². The number of benzene rings is 1. The Hall–Kier alpha value is -1.02. The van der Waals surface area contributed by atoms with Crippen LogP contribution in [0.1, 0.15) is 37.7 Å². The van der Waals surface area contributed by atoms with E-state index in [0.717, 1.165) is 30.6 Å². The average molecular weight is 393 g/mol. The van der Waals surface area contributed by atoms with Gasteiger partial charge in [-0.3, -0.25) is 8.91 Å². The molecule has 9 heteroatoms. The van der Waals surface area contributed by atoms with Gasteiger partial charge in [-0.2, -0.15) is 0 Å². The van der Waals surface area contributed by atoms with Crippen LogP contribution < -0.4 is 10.5 Å². The molecule has 1 rings (SSSR count). The topological polar surface area (TPSA) is 122 Å². The number of hydrogen-bond donors (Lipinski definition) is 4. The molecule has 0 aliphatic carbocycles. The van der Waals surface area contributed by atoms with Gasteiger partial charge in [-0.15, -0.1) is 0 Å². The zero-order valence-corrected chi connectivity index (χ0v) is 15.7. The Morgan fingerprint density at radius 1 is 1.12 bits per heavy atom. The number of phosphoric ester groups is 1. The van der Waals surface area contributed by atoms with Crippen molar-refractivity contribution >= 4 is 7.82 Å². The lowest BCUT2D eigenvalue weighted by Gasteiger charge is -2.27. The molecule has 0 heterocycles. The summed E-state index contributed by atoms with van der Waals surface area (Å²) in [7, 11) is -4.62. The molecule has 0 unspecified atom stereocenters. The van der Waals surface area contributed by atoms with Crippen LogP contribution in [0.2, 0.25) is 0 Å². The summed E-state index contributed by atoms with van der Waals surface area (Å²) in [6.45, 7) is -0.566. The summed E-state index contributed by atoms with van der Waals surface area (Å²) in [6.07, 6.45) is 4.12. The molecule has 0 aromatic heterocycles. The largest absolute Gasteiger partial charge is 0.494 e. The monoisotopic (exact) mass is 393 g/mol. The van der Waals surface area contributed by atoms with E-state index in [1.807, 2.05) is 24.3 Å². The second-order valence-corrected chi connectivity index (χ2v) is 7.62. The molecule has 0 bridgehead atoms. The Morgan fingerprint density at radius 2 is 1.77 bits per heavy atom. The number of phosphoric acid groups is 1. The Kier molecular flexibility index (Phi) is 10.3. The lowest BCUT2D eigenvalue weighted by molar-refractivity contribution is 0.102. The molecule has 7 nitrogen and oxygen atoms in total. The third-order valence-electron chi connectivity index (χ3n) is 3.97. The quantitative estimate of drug-likeness (QED) is 0.283. The van der Waals surface area contributed by atoms with E-state index in [4.69, 9.17) is 20.3 Å². The highest BCUT2D eigenvalue weighted by molar-refractivity contribution is 7.46. The van der Waals surface area contributed by atoms with Gasteiger partial charge in [0.05, 0.1) is 32.0 Å². The second kappa shape index (κ2) is 11.6. The van der Waals surface area contributed by atoms with E-state index >= 15 is 0 Å². The minimum atomic E-state index is -4.62. The van der Waals surface area contributed by atoms with Gasteiger partial charge in [-0.25, -0.2) is 4.57 Å². The molecular weight excluding hydrogens is 364 g/mol. The van der Waals surface area contributed by atoms with Crippen LogP contribution >= 0.6 is 7.82 Å². The van der Waals surface area contributed by atoms with Crippen molar-refractivity contribution in [1.82, 2.24) is 0 Å². The molecule has 0 saturated carbocycles. The van der Waals surface area contributed by atoms with Gasteiger partial charge in [0.2, 0.25) is 0 Å². The molecule has 0 aliphatic rings. The Balaban J connectivity index is 2.37. The lowest BCUT2D eigenvalue weighted by atomic mass is 9.94. The number of aliphatic hydroxyl groups is 1. The third-order valence-corrected chi connectivity index (χ3v) is 4.43.